The quantitative estimate of drug-likeness (QED) is 0.723. The predicted octanol–water partition coefficient (Wildman–Crippen LogP) is 4.27. The summed E-state index contributed by atoms with van der Waals surface area (Å²) in [6.45, 7) is 7.08. The number of rotatable bonds is 4. The molecule has 0 unspecified atom stereocenters. The van der Waals surface area contributed by atoms with Gasteiger partial charge in [0.1, 0.15) is 9.88 Å². The summed E-state index contributed by atoms with van der Waals surface area (Å²) in [5.74, 6) is -0.115. The molecule has 25 heavy (non-hydrogen) atoms. The zero-order chi connectivity index (χ0) is 17.4. The van der Waals surface area contributed by atoms with Crippen LogP contribution in [-0.2, 0) is 13.0 Å². The van der Waals surface area contributed by atoms with Gasteiger partial charge in [0, 0.05) is 24.4 Å². The Balaban J connectivity index is 1.52. The van der Waals surface area contributed by atoms with Crippen molar-refractivity contribution >= 4 is 45.0 Å². The minimum Gasteiger partial charge on any atom is -0.298 e. The number of nitrogens with one attached hydrogen (secondary N) is 1. The molecule has 3 aromatic rings. The van der Waals surface area contributed by atoms with E-state index in [0.717, 1.165) is 47.3 Å². The van der Waals surface area contributed by atoms with Gasteiger partial charge in [0.15, 0.2) is 5.13 Å². The molecule has 0 saturated heterocycles. The third-order valence-electron chi connectivity index (χ3n) is 4.21. The van der Waals surface area contributed by atoms with E-state index in [9.17, 15) is 4.79 Å². The van der Waals surface area contributed by atoms with E-state index < -0.39 is 0 Å². The normalized spacial score (nSPS) is 14.5. The number of nitrogens with zero attached hydrogens (tertiary/aromatic N) is 3. The van der Waals surface area contributed by atoms with Crippen LogP contribution >= 0.6 is 34.0 Å². The van der Waals surface area contributed by atoms with Crippen LogP contribution in [0.25, 0.3) is 9.88 Å². The number of anilines is 1. The van der Waals surface area contributed by atoms with Crippen LogP contribution in [0.5, 0.6) is 0 Å². The van der Waals surface area contributed by atoms with Gasteiger partial charge in [-0.2, -0.15) is 0 Å². The van der Waals surface area contributed by atoms with Crippen LogP contribution in [0.3, 0.4) is 0 Å². The number of thiophene rings is 1. The molecule has 3 aromatic heterocycles. The van der Waals surface area contributed by atoms with Gasteiger partial charge in [-0.25, -0.2) is 9.97 Å². The van der Waals surface area contributed by atoms with Crippen LogP contribution in [-0.4, -0.2) is 33.9 Å². The molecular formula is C17H18N4OS3. The number of fused-ring (bicyclic) bond motifs is 1. The average Bonchev–Trinajstić information content (AvgIpc) is 3.32. The Hall–Kier alpha value is -1.61. The molecule has 130 valence electrons. The fourth-order valence-electron chi connectivity index (χ4n) is 2.84. The van der Waals surface area contributed by atoms with Gasteiger partial charge in [-0.15, -0.1) is 34.0 Å². The molecule has 5 nitrogen and oxygen atoms in total. The molecule has 4 rings (SSSR count). The first-order chi connectivity index (χ1) is 12.1. The first-order valence-corrected chi connectivity index (χ1v) is 10.7. The van der Waals surface area contributed by atoms with Crippen molar-refractivity contribution in [3.63, 3.8) is 0 Å². The van der Waals surface area contributed by atoms with Crippen molar-refractivity contribution in [1.82, 2.24) is 14.9 Å². The van der Waals surface area contributed by atoms with E-state index in [2.05, 4.69) is 27.1 Å². The molecule has 1 amide bonds. The summed E-state index contributed by atoms with van der Waals surface area (Å²) < 4.78 is 0. The average molecular weight is 391 g/mol. The summed E-state index contributed by atoms with van der Waals surface area (Å²) in [6.07, 6.45) is 0.956. The minimum atomic E-state index is -0.115. The molecule has 1 N–H and O–H groups in total. The fourth-order valence-corrected chi connectivity index (χ4v) is 5.64. The summed E-state index contributed by atoms with van der Waals surface area (Å²) in [5.41, 5.74) is 1.90. The summed E-state index contributed by atoms with van der Waals surface area (Å²) in [6, 6.07) is 4.02. The summed E-state index contributed by atoms with van der Waals surface area (Å²) >= 11 is 4.66. The number of aryl methyl sites for hydroxylation is 1. The maximum Gasteiger partial charge on any atom is 0.269 e. The van der Waals surface area contributed by atoms with Gasteiger partial charge in [-0.3, -0.25) is 15.0 Å². The first-order valence-electron chi connectivity index (χ1n) is 8.17. The first kappa shape index (κ1) is 16.8. The SMILES string of the molecule is CCN1CCc2nc(NC(=O)c3sc(-c4cccs4)nc3C)sc2C1. The molecule has 4 heterocycles. The maximum atomic E-state index is 12.7. The molecule has 0 aromatic carbocycles. The second kappa shape index (κ2) is 6.95. The van der Waals surface area contributed by atoms with E-state index in [1.807, 2.05) is 24.4 Å². The van der Waals surface area contributed by atoms with Crippen LogP contribution in [0.15, 0.2) is 17.5 Å². The monoisotopic (exact) mass is 390 g/mol. The van der Waals surface area contributed by atoms with E-state index in [1.165, 1.54) is 16.2 Å². The van der Waals surface area contributed by atoms with Crippen LogP contribution in [0.4, 0.5) is 5.13 Å². The summed E-state index contributed by atoms with van der Waals surface area (Å²) in [5, 5.41) is 6.58. The van der Waals surface area contributed by atoms with Crippen molar-refractivity contribution in [3.8, 4) is 9.88 Å². The molecule has 0 saturated carbocycles. The Labute approximate surface area is 158 Å². The number of amides is 1. The predicted molar refractivity (Wildman–Crippen MR) is 105 cm³/mol. The number of thiazole rings is 2. The third kappa shape index (κ3) is 3.39. The molecule has 1 aliphatic rings. The molecule has 8 heteroatoms. The van der Waals surface area contributed by atoms with Gasteiger partial charge in [-0.05, 0) is 24.9 Å². The highest BCUT2D eigenvalue weighted by Gasteiger charge is 2.22. The Morgan fingerprint density at radius 1 is 1.36 bits per heavy atom. The van der Waals surface area contributed by atoms with Crippen molar-refractivity contribution in [1.29, 1.82) is 0 Å². The molecule has 0 fully saturated rings. The second-order valence-corrected chi connectivity index (χ2v) is 8.90. The number of hydrogen-bond donors (Lipinski definition) is 1. The van der Waals surface area contributed by atoms with Gasteiger partial charge in [-0.1, -0.05) is 13.0 Å². The Kier molecular flexibility index (Phi) is 4.68. The Morgan fingerprint density at radius 2 is 2.24 bits per heavy atom. The van der Waals surface area contributed by atoms with Crippen molar-refractivity contribution in [2.75, 3.05) is 18.4 Å². The van der Waals surface area contributed by atoms with E-state index in [1.54, 1.807) is 22.7 Å². The van der Waals surface area contributed by atoms with Crippen LogP contribution in [0.1, 0.15) is 32.9 Å². The highest BCUT2D eigenvalue weighted by molar-refractivity contribution is 7.22. The van der Waals surface area contributed by atoms with E-state index >= 15 is 0 Å². The third-order valence-corrected chi connectivity index (χ3v) is 7.41. The van der Waals surface area contributed by atoms with Crippen molar-refractivity contribution in [2.45, 2.75) is 26.8 Å². The lowest BCUT2D eigenvalue weighted by atomic mass is 10.2. The highest BCUT2D eigenvalue weighted by Crippen LogP contribution is 2.32. The summed E-state index contributed by atoms with van der Waals surface area (Å²) in [7, 11) is 0. The van der Waals surface area contributed by atoms with Crippen molar-refractivity contribution in [2.24, 2.45) is 0 Å². The number of carbonyl (C=O) groups is 1. The topological polar surface area (TPSA) is 58.1 Å². The van der Waals surface area contributed by atoms with E-state index in [4.69, 9.17) is 0 Å². The lowest BCUT2D eigenvalue weighted by Gasteiger charge is -2.23. The zero-order valence-corrected chi connectivity index (χ0v) is 16.5. The lowest BCUT2D eigenvalue weighted by Crippen LogP contribution is -2.29. The molecule has 0 spiro atoms. The smallest absolute Gasteiger partial charge is 0.269 e. The summed E-state index contributed by atoms with van der Waals surface area (Å²) in [4.78, 5) is 27.2. The second-order valence-electron chi connectivity index (χ2n) is 5.87. The Morgan fingerprint density at radius 3 is 3.00 bits per heavy atom. The van der Waals surface area contributed by atoms with Crippen molar-refractivity contribution < 1.29 is 4.79 Å². The molecule has 0 atom stereocenters. The molecule has 0 bridgehead atoms. The number of hydrogen-bond acceptors (Lipinski definition) is 7. The van der Waals surface area contributed by atoms with E-state index in [0.29, 0.717) is 10.0 Å². The molecule has 0 radical (unpaired) electrons. The van der Waals surface area contributed by atoms with Gasteiger partial charge in [0.2, 0.25) is 0 Å². The number of likely N-dealkylation sites (N-methyl/N-ethyl adjacent to an activating group) is 1. The number of aromatic nitrogens is 2. The van der Waals surface area contributed by atoms with Gasteiger partial charge >= 0.3 is 0 Å². The van der Waals surface area contributed by atoms with E-state index in [-0.39, 0.29) is 5.91 Å². The zero-order valence-electron chi connectivity index (χ0n) is 14.0. The van der Waals surface area contributed by atoms with Gasteiger partial charge in [0.05, 0.1) is 16.3 Å². The molecular weight excluding hydrogens is 372 g/mol. The van der Waals surface area contributed by atoms with Crippen LogP contribution in [0, 0.1) is 6.92 Å². The van der Waals surface area contributed by atoms with Crippen molar-refractivity contribution in [3.05, 3.63) is 38.7 Å². The molecule has 1 aliphatic heterocycles. The lowest BCUT2D eigenvalue weighted by molar-refractivity contribution is 0.103. The standard InChI is InChI=1S/C17H18N4OS3/c1-3-21-7-6-11-13(9-21)24-17(19-11)20-15(22)14-10(2)18-16(25-14)12-5-4-8-23-12/h4-5,8H,3,6-7,9H2,1-2H3,(H,19,20,22). The van der Waals surface area contributed by atoms with Gasteiger partial charge in [0.25, 0.3) is 5.91 Å². The number of carbonyl (C=O) groups excluding carboxylic acids is 1. The maximum absolute atomic E-state index is 12.7. The van der Waals surface area contributed by atoms with Crippen LogP contribution < -0.4 is 5.32 Å². The highest BCUT2D eigenvalue weighted by atomic mass is 32.1. The Bertz CT molecular complexity index is 897. The largest absolute Gasteiger partial charge is 0.298 e. The molecule has 0 aliphatic carbocycles. The van der Waals surface area contributed by atoms with Gasteiger partial charge < -0.3 is 0 Å². The fraction of sp³-hybridized carbons (Fsp3) is 0.353. The minimum absolute atomic E-state index is 0.115. The van der Waals surface area contributed by atoms with Crippen LogP contribution in [0.2, 0.25) is 0 Å².